The molecule has 0 aliphatic carbocycles. The number of ether oxygens (including phenoxy) is 1. The Morgan fingerprint density at radius 1 is 1.24 bits per heavy atom. The summed E-state index contributed by atoms with van der Waals surface area (Å²) in [5.41, 5.74) is 1.23. The molecule has 0 saturated heterocycles. The molecule has 2 aromatic rings. The number of aromatic nitrogens is 2. The highest BCUT2D eigenvalue weighted by Crippen LogP contribution is 2.17. The lowest BCUT2D eigenvalue weighted by atomic mass is 10.0. The van der Waals surface area contributed by atoms with Crippen LogP contribution in [0.2, 0.25) is 0 Å². The van der Waals surface area contributed by atoms with Gasteiger partial charge in [0.2, 0.25) is 5.89 Å². The lowest BCUT2D eigenvalue weighted by Gasteiger charge is -2.16. The smallest absolute Gasteiger partial charge is 0.228 e. The van der Waals surface area contributed by atoms with Crippen LogP contribution in [0, 0.1) is 0 Å². The summed E-state index contributed by atoms with van der Waals surface area (Å²) in [5, 5.41) is 7.46. The number of nitrogens with one attached hydrogen (secondary N) is 1. The molecular formula is C16H23N3O2. The van der Waals surface area contributed by atoms with Crippen LogP contribution in [0.15, 0.2) is 34.9 Å². The Kier molecular flexibility index (Phi) is 6.37. The van der Waals surface area contributed by atoms with Crippen LogP contribution in [-0.2, 0) is 17.6 Å². The van der Waals surface area contributed by atoms with Crippen LogP contribution < -0.4 is 5.32 Å². The number of rotatable bonds is 9. The molecule has 0 aliphatic heterocycles. The van der Waals surface area contributed by atoms with Crippen molar-refractivity contribution in [3.8, 4) is 0 Å². The van der Waals surface area contributed by atoms with Gasteiger partial charge in [-0.05, 0) is 19.0 Å². The van der Waals surface area contributed by atoms with Gasteiger partial charge < -0.3 is 14.6 Å². The summed E-state index contributed by atoms with van der Waals surface area (Å²) >= 11 is 0. The van der Waals surface area contributed by atoms with Crippen LogP contribution >= 0.6 is 0 Å². The Morgan fingerprint density at radius 2 is 2.05 bits per heavy atom. The fourth-order valence-corrected chi connectivity index (χ4v) is 2.20. The summed E-state index contributed by atoms with van der Waals surface area (Å²) in [6.45, 7) is 6.30. The number of hydrogen-bond donors (Lipinski definition) is 1. The molecule has 21 heavy (non-hydrogen) atoms. The normalized spacial score (nSPS) is 12.5. The summed E-state index contributed by atoms with van der Waals surface area (Å²) in [7, 11) is 0. The third kappa shape index (κ3) is 4.95. The Hall–Kier alpha value is -1.72. The summed E-state index contributed by atoms with van der Waals surface area (Å²) < 4.78 is 10.6. The standard InChI is InChI=1S/C16H23N3O2/c1-3-17-14(13-8-6-5-7-9-13)12-16-18-15(19-21-16)10-11-20-4-2/h5-9,14,17H,3-4,10-12H2,1-2H3. The van der Waals surface area contributed by atoms with Crippen molar-refractivity contribution in [2.24, 2.45) is 0 Å². The van der Waals surface area contributed by atoms with Crippen molar-refractivity contribution < 1.29 is 9.26 Å². The van der Waals surface area contributed by atoms with Gasteiger partial charge in [0, 0.05) is 25.5 Å². The summed E-state index contributed by atoms with van der Waals surface area (Å²) in [6.07, 6.45) is 1.38. The van der Waals surface area contributed by atoms with E-state index in [9.17, 15) is 0 Å². The first-order chi connectivity index (χ1) is 10.3. The Bertz CT molecular complexity index is 513. The van der Waals surface area contributed by atoms with Crippen LogP contribution in [0.4, 0.5) is 0 Å². The van der Waals surface area contributed by atoms with Gasteiger partial charge in [0.15, 0.2) is 5.82 Å². The van der Waals surface area contributed by atoms with E-state index in [0.29, 0.717) is 37.8 Å². The predicted octanol–water partition coefficient (Wildman–Crippen LogP) is 2.54. The third-order valence-corrected chi connectivity index (χ3v) is 3.22. The largest absolute Gasteiger partial charge is 0.381 e. The Balaban J connectivity index is 1.97. The number of nitrogens with zero attached hydrogens (tertiary/aromatic N) is 2. The van der Waals surface area contributed by atoms with E-state index in [1.165, 1.54) is 5.56 Å². The van der Waals surface area contributed by atoms with Crippen molar-refractivity contribution in [2.45, 2.75) is 32.7 Å². The van der Waals surface area contributed by atoms with E-state index in [1.54, 1.807) is 0 Å². The maximum absolute atomic E-state index is 5.34. The van der Waals surface area contributed by atoms with E-state index in [-0.39, 0.29) is 6.04 Å². The van der Waals surface area contributed by atoms with Crippen LogP contribution in [0.25, 0.3) is 0 Å². The Morgan fingerprint density at radius 3 is 2.76 bits per heavy atom. The maximum atomic E-state index is 5.34. The second kappa shape index (κ2) is 8.54. The van der Waals surface area contributed by atoms with Crippen molar-refractivity contribution in [3.63, 3.8) is 0 Å². The highest BCUT2D eigenvalue weighted by Gasteiger charge is 2.15. The molecule has 5 heteroatoms. The molecule has 0 radical (unpaired) electrons. The first-order valence-corrected chi connectivity index (χ1v) is 7.51. The monoisotopic (exact) mass is 289 g/mol. The van der Waals surface area contributed by atoms with E-state index in [2.05, 4.69) is 34.5 Å². The van der Waals surface area contributed by atoms with Gasteiger partial charge in [0.05, 0.1) is 6.61 Å². The Labute approximate surface area is 125 Å². The number of benzene rings is 1. The summed E-state index contributed by atoms with van der Waals surface area (Å²) in [6, 6.07) is 10.5. The second-order valence-electron chi connectivity index (χ2n) is 4.78. The fourth-order valence-electron chi connectivity index (χ4n) is 2.20. The minimum absolute atomic E-state index is 0.191. The van der Waals surface area contributed by atoms with E-state index < -0.39 is 0 Å². The molecule has 1 aromatic carbocycles. The SMILES string of the molecule is CCNC(Cc1nc(CCOCC)no1)c1ccccc1. The van der Waals surface area contributed by atoms with Gasteiger partial charge >= 0.3 is 0 Å². The minimum Gasteiger partial charge on any atom is -0.381 e. The maximum Gasteiger partial charge on any atom is 0.228 e. The van der Waals surface area contributed by atoms with Gasteiger partial charge in [0.1, 0.15) is 0 Å². The minimum atomic E-state index is 0.191. The van der Waals surface area contributed by atoms with Crippen molar-refractivity contribution in [1.82, 2.24) is 15.5 Å². The van der Waals surface area contributed by atoms with Crippen LogP contribution in [0.3, 0.4) is 0 Å². The van der Waals surface area contributed by atoms with E-state index >= 15 is 0 Å². The summed E-state index contributed by atoms with van der Waals surface area (Å²) in [5.74, 6) is 1.37. The molecule has 0 fully saturated rings. The van der Waals surface area contributed by atoms with Gasteiger partial charge in [-0.1, -0.05) is 42.4 Å². The molecule has 0 amide bonds. The van der Waals surface area contributed by atoms with Crippen LogP contribution in [0.1, 0.15) is 37.2 Å². The van der Waals surface area contributed by atoms with Crippen LogP contribution in [-0.4, -0.2) is 29.9 Å². The average Bonchev–Trinajstić information content (AvgIpc) is 2.96. The third-order valence-electron chi connectivity index (χ3n) is 3.22. The van der Waals surface area contributed by atoms with Gasteiger partial charge in [0.25, 0.3) is 0 Å². The lowest BCUT2D eigenvalue weighted by Crippen LogP contribution is -2.23. The van der Waals surface area contributed by atoms with Crippen molar-refractivity contribution in [3.05, 3.63) is 47.6 Å². The van der Waals surface area contributed by atoms with Gasteiger partial charge in [-0.3, -0.25) is 0 Å². The molecule has 1 N–H and O–H groups in total. The highest BCUT2D eigenvalue weighted by molar-refractivity contribution is 5.19. The van der Waals surface area contributed by atoms with Gasteiger partial charge in [-0.25, -0.2) is 0 Å². The van der Waals surface area contributed by atoms with Gasteiger partial charge in [-0.2, -0.15) is 4.98 Å². The molecule has 114 valence electrons. The average molecular weight is 289 g/mol. The molecule has 0 spiro atoms. The molecule has 1 atom stereocenters. The quantitative estimate of drug-likeness (QED) is 0.719. The highest BCUT2D eigenvalue weighted by atomic mass is 16.5. The van der Waals surface area contributed by atoms with E-state index in [4.69, 9.17) is 9.26 Å². The zero-order valence-electron chi connectivity index (χ0n) is 12.7. The zero-order valence-corrected chi connectivity index (χ0v) is 12.7. The van der Waals surface area contributed by atoms with Crippen molar-refractivity contribution in [1.29, 1.82) is 0 Å². The lowest BCUT2D eigenvalue weighted by molar-refractivity contribution is 0.149. The predicted molar refractivity (Wildman–Crippen MR) is 81.1 cm³/mol. The topological polar surface area (TPSA) is 60.2 Å². The molecule has 0 aliphatic rings. The van der Waals surface area contributed by atoms with E-state index in [0.717, 1.165) is 6.54 Å². The zero-order chi connectivity index (χ0) is 14.9. The fraction of sp³-hybridized carbons (Fsp3) is 0.500. The van der Waals surface area contributed by atoms with Gasteiger partial charge in [-0.15, -0.1) is 0 Å². The van der Waals surface area contributed by atoms with Crippen LogP contribution in [0.5, 0.6) is 0 Å². The molecule has 0 saturated carbocycles. The molecule has 1 heterocycles. The molecule has 5 nitrogen and oxygen atoms in total. The molecule has 0 bridgehead atoms. The van der Waals surface area contributed by atoms with E-state index in [1.807, 2.05) is 25.1 Å². The second-order valence-corrected chi connectivity index (χ2v) is 4.78. The van der Waals surface area contributed by atoms with Crippen molar-refractivity contribution >= 4 is 0 Å². The number of hydrogen-bond acceptors (Lipinski definition) is 5. The molecule has 2 rings (SSSR count). The molecule has 1 aromatic heterocycles. The number of likely N-dealkylation sites (N-methyl/N-ethyl adjacent to an activating group) is 1. The first-order valence-electron chi connectivity index (χ1n) is 7.51. The summed E-state index contributed by atoms with van der Waals surface area (Å²) in [4.78, 5) is 4.43. The molecular weight excluding hydrogens is 266 g/mol. The molecule has 1 unspecified atom stereocenters. The van der Waals surface area contributed by atoms with Crippen molar-refractivity contribution in [2.75, 3.05) is 19.8 Å². The first kappa shape index (κ1) is 15.7.